The summed E-state index contributed by atoms with van der Waals surface area (Å²) >= 11 is 0. The minimum absolute atomic E-state index is 0.0641. The Bertz CT molecular complexity index is 700. The Hall–Kier alpha value is -2.30. The van der Waals surface area contributed by atoms with Crippen LogP contribution in [-0.4, -0.2) is 14.8 Å². The number of nitrogens with two attached hydrogens (primary N) is 1. The summed E-state index contributed by atoms with van der Waals surface area (Å²) < 4.78 is 7.21. The molecule has 0 aliphatic carbocycles. The summed E-state index contributed by atoms with van der Waals surface area (Å²) in [5.41, 5.74) is 8.36. The van der Waals surface area contributed by atoms with Crippen LogP contribution in [0.15, 0.2) is 34.7 Å². The van der Waals surface area contributed by atoms with Crippen molar-refractivity contribution >= 4 is 16.9 Å². The van der Waals surface area contributed by atoms with Gasteiger partial charge in [-0.3, -0.25) is 0 Å². The molecule has 2 heterocycles. The topological polar surface area (TPSA) is 69.9 Å². The number of nitrogens with zero attached hydrogens (tertiary/aromatic N) is 3. The van der Waals surface area contributed by atoms with Crippen molar-refractivity contribution in [3.8, 4) is 6.01 Å². The van der Waals surface area contributed by atoms with Gasteiger partial charge in [-0.15, -0.1) is 0 Å². The zero-order valence-electron chi connectivity index (χ0n) is 11.2. The fourth-order valence-corrected chi connectivity index (χ4v) is 1.87. The van der Waals surface area contributed by atoms with Crippen LogP contribution >= 0.6 is 0 Å². The third-order valence-corrected chi connectivity index (χ3v) is 2.97. The van der Waals surface area contributed by atoms with Crippen LogP contribution in [0.4, 0.5) is 5.82 Å². The monoisotopic (exact) mass is 256 g/mol. The van der Waals surface area contributed by atoms with Gasteiger partial charge in [0.2, 0.25) is 0 Å². The van der Waals surface area contributed by atoms with Crippen molar-refractivity contribution in [2.75, 3.05) is 5.73 Å². The van der Waals surface area contributed by atoms with Gasteiger partial charge in [-0.25, -0.2) is 0 Å². The maximum absolute atomic E-state index is 5.99. The van der Waals surface area contributed by atoms with E-state index in [1.54, 1.807) is 4.68 Å². The normalized spacial score (nSPS) is 12.2. The maximum Gasteiger partial charge on any atom is 0.325 e. The van der Waals surface area contributed by atoms with Gasteiger partial charge in [0, 0.05) is 11.5 Å². The summed E-state index contributed by atoms with van der Waals surface area (Å²) in [5, 5.41) is 4.48. The van der Waals surface area contributed by atoms with Crippen LogP contribution in [0, 0.1) is 0 Å². The highest BCUT2D eigenvalue weighted by Crippen LogP contribution is 2.25. The number of anilines is 1. The second-order valence-electron chi connectivity index (χ2n) is 5.58. The number of hydrogen-bond donors (Lipinski definition) is 1. The summed E-state index contributed by atoms with van der Waals surface area (Å²) in [6.45, 7) is 6.27. The Kier molecular flexibility index (Phi) is 2.38. The van der Waals surface area contributed by atoms with E-state index in [4.69, 9.17) is 10.2 Å². The third kappa shape index (κ3) is 1.97. The van der Waals surface area contributed by atoms with E-state index in [9.17, 15) is 0 Å². The Morgan fingerprint density at radius 1 is 1.21 bits per heavy atom. The van der Waals surface area contributed by atoms with Gasteiger partial charge >= 0.3 is 6.01 Å². The predicted octanol–water partition coefficient (Wildman–Crippen LogP) is 2.89. The summed E-state index contributed by atoms with van der Waals surface area (Å²) in [6.07, 6.45) is 0. The van der Waals surface area contributed by atoms with Gasteiger partial charge in [-0.05, 0) is 12.1 Å². The summed E-state index contributed by atoms with van der Waals surface area (Å²) in [5.74, 6) is 0.525. The van der Waals surface area contributed by atoms with Gasteiger partial charge in [0.15, 0.2) is 5.58 Å². The number of rotatable bonds is 1. The van der Waals surface area contributed by atoms with Gasteiger partial charge in [0.05, 0.1) is 5.69 Å². The number of para-hydroxylation sites is 2. The molecule has 5 heteroatoms. The van der Waals surface area contributed by atoms with Crippen molar-refractivity contribution in [2.24, 2.45) is 0 Å². The Labute approximate surface area is 111 Å². The molecule has 0 fully saturated rings. The molecule has 0 amide bonds. The molecule has 19 heavy (non-hydrogen) atoms. The molecule has 2 aromatic heterocycles. The lowest BCUT2D eigenvalue weighted by Gasteiger charge is -2.13. The fraction of sp³-hybridized carbons (Fsp3) is 0.286. The van der Waals surface area contributed by atoms with Crippen LogP contribution in [0.1, 0.15) is 26.5 Å². The standard InChI is InChI=1S/C14H16N4O/c1-14(2,3)11-8-12(15)18(17-11)13-16-9-6-4-5-7-10(9)19-13/h4-8H,15H2,1-3H3. The third-order valence-electron chi connectivity index (χ3n) is 2.97. The van der Waals surface area contributed by atoms with Crippen LogP contribution in [0.25, 0.3) is 17.1 Å². The number of fused-ring (bicyclic) bond motifs is 1. The molecule has 0 saturated heterocycles. The average Bonchev–Trinajstić information content (AvgIpc) is 2.90. The van der Waals surface area contributed by atoms with E-state index in [1.165, 1.54) is 0 Å². The Morgan fingerprint density at radius 2 is 1.95 bits per heavy atom. The maximum atomic E-state index is 5.99. The molecule has 1 aromatic carbocycles. The molecule has 2 N–H and O–H groups in total. The highest BCUT2D eigenvalue weighted by Gasteiger charge is 2.21. The lowest BCUT2D eigenvalue weighted by atomic mass is 9.92. The lowest BCUT2D eigenvalue weighted by Crippen LogP contribution is -2.12. The lowest BCUT2D eigenvalue weighted by molar-refractivity contribution is 0.522. The van der Waals surface area contributed by atoms with E-state index in [-0.39, 0.29) is 5.41 Å². The molecule has 3 aromatic rings. The first-order valence-electron chi connectivity index (χ1n) is 6.17. The summed E-state index contributed by atoms with van der Waals surface area (Å²) in [4.78, 5) is 4.39. The minimum atomic E-state index is -0.0641. The first-order valence-corrected chi connectivity index (χ1v) is 6.17. The van der Waals surface area contributed by atoms with Crippen LogP contribution < -0.4 is 5.73 Å². The van der Waals surface area contributed by atoms with Gasteiger partial charge < -0.3 is 10.2 Å². The van der Waals surface area contributed by atoms with Gasteiger partial charge in [-0.2, -0.15) is 14.8 Å². The van der Waals surface area contributed by atoms with Crippen molar-refractivity contribution in [3.63, 3.8) is 0 Å². The van der Waals surface area contributed by atoms with Gasteiger partial charge in [0.1, 0.15) is 11.3 Å². The molecule has 98 valence electrons. The van der Waals surface area contributed by atoms with Crippen molar-refractivity contribution in [1.29, 1.82) is 0 Å². The van der Waals surface area contributed by atoms with Gasteiger partial charge in [0.25, 0.3) is 0 Å². The van der Waals surface area contributed by atoms with Crippen LogP contribution in [-0.2, 0) is 5.41 Å². The summed E-state index contributed by atoms with van der Waals surface area (Å²) in [6, 6.07) is 9.85. The van der Waals surface area contributed by atoms with Crippen LogP contribution in [0.2, 0.25) is 0 Å². The highest BCUT2D eigenvalue weighted by atomic mass is 16.4. The molecule has 0 atom stereocenters. The molecular formula is C14H16N4O. The largest absolute Gasteiger partial charge is 0.422 e. The predicted molar refractivity (Wildman–Crippen MR) is 74.2 cm³/mol. The fourth-order valence-electron chi connectivity index (χ4n) is 1.87. The second kappa shape index (κ2) is 3.85. The van der Waals surface area contributed by atoms with Crippen LogP contribution in [0.3, 0.4) is 0 Å². The number of benzene rings is 1. The molecule has 0 aliphatic heterocycles. The molecule has 0 bridgehead atoms. The van der Waals surface area contributed by atoms with Crippen LogP contribution in [0.5, 0.6) is 0 Å². The number of aromatic nitrogens is 3. The molecule has 0 unspecified atom stereocenters. The molecular weight excluding hydrogens is 240 g/mol. The molecule has 0 saturated carbocycles. The number of oxazole rings is 1. The smallest absolute Gasteiger partial charge is 0.325 e. The Balaban J connectivity index is 2.13. The molecule has 0 spiro atoms. The molecule has 5 nitrogen and oxygen atoms in total. The zero-order chi connectivity index (χ0) is 13.6. The minimum Gasteiger partial charge on any atom is -0.422 e. The number of nitrogen functional groups attached to an aromatic ring is 1. The van der Waals surface area contributed by atoms with Crippen molar-refractivity contribution in [1.82, 2.24) is 14.8 Å². The van der Waals surface area contributed by atoms with Crippen molar-refractivity contribution < 1.29 is 4.42 Å². The highest BCUT2D eigenvalue weighted by molar-refractivity contribution is 5.73. The average molecular weight is 256 g/mol. The van der Waals surface area contributed by atoms with E-state index in [0.29, 0.717) is 11.8 Å². The van der Waals surface area contributed by atoms with E-state index in [1.807, 2.05) is 30.3 Å². The molecule has 3 rings (SSSR count). The SMILES string of the molecule is CC(C)(C)c1cc(N)n(-c2nc3ccccc3o2)n1. The van der Waals surface area contributed by atoms with Crippen molar-refractivity contribution in [3.05, 3.63) is 36.0 Å². The number of hydrogen-bond acceptors (Lipinski definition) is 4. The van der Waals surface area contributed by atoms with E-state index < -0.39 is 0 Å². The van der Waals surface area contributed by atoms with Crippen molar-refractivity contribution in [2.45, 2.75) is 26.2 Å². The Morgan fingerprint density at radius 3 is 2.58 bits per heavy atom. The first-order chi connectivity index (χ1) is 8.95. The zero-order valence-corrected chi connectivity index (χ0v) is 11.2. The molecule has 0 radical (unpaired) electrons. The quantitative estimate of drug-likeness (QED) is 0.726. The first kappa shape index (κ1) is 11.8. The second-order valence-corrected chi connectivity index (χ2v) is 5.58. The molecule has 0 aliphatic rings. The van der Waals surface area contributed by atoms with Gasteiger partial charge in [-0.1, -0.05) is 32.9 Å². The summed E-state index contributed by atoms with van der Waals surface area (Å²) in [7, 11) is 0. The van der Waals surface area contributed by atoms with E-state index in [0.717, 1.165) is 16.8 Å². The van der Waals surface area contributed by atoms with E-state index in [2.05, 4.69) is 30.9 Å². The van der Waals surface area contributed by atoms with E-state index >= 15 is 0 Å².